The van der Waals surface area contributed by atoms with Crippen molar-refractivity contribution in [3.63, 3.8) is 0 Å². The Balaban J connectivity index is 1.64. The number of hydrogen-bond acceptors (Lipinski definition) is 7. The first-order valence-electron chi connectivity index (χ1n) is 11.6. The first-order chi connectivity index (χ1) is 18.3. The second kappa shape index (κ2) is 11.3. The zero-order valence-corrected chi connectivity index (χ0v) is 20.6. The third kappa shape index (κ3) is 5.49. The van der Waals surface area contributed by atoms with E-state index in [-0.39, 0.29) is 29.2 Å². The summed E-state index contributed by atoms with van der Waals surface area (Å²) in [5, 5.41) is 11.3. The van der Waals surface area contributed by atoms with Crippen LogP contribution in [0.2, 0.25) is 0 Å². The Hall–Kier alpha value is -5.12. The van der Waals surface area contributed by atoms with Gasteiger partial charge in [-0.1, -0.05) is 24.3 Å². The van der Waals surface area contributed by atoms with Crippen LogP contribution in [0.5, 0.6) is 17.2 Å². The van der Waals surface area contributed by atoms with E-state index >= 15 is 0 Å². The summed E-state index contributed by atoms with van der Waals surface area (Å²) in [4.78, 5) is 50.5. The third-order valence-corrected chi connectivity index (χ3v) is 5.62. The molecule has 0 saturated carbocycles. The quantitative estimate of drug-likeness (QED) is 0.322. The van der Waals surface area contributed by atoms with E-state index in [1.807, 2.05) is 6.92 Å². The number of hydrogen-bond donors (Lipinski definition) is 2. The van der Waals surface area contributed by atoms with Crippen molar-refractivity contribution >= 4 is 35.6 Å². The Labute approximate surface area is 218 Å². The van der Waals surface area contributed by atoms with Crippen molar-refractivity contribution in [3.8, 4) is 17.2 Å². The molecule has 0 spiro atoms. The molecule has 10 nitrogen and oxygen atoms in total. The normalized spacial score (nSPS) is 14.3. The number of benzene rings is 3. The highest BCUT2D eigenvalue weighted by Crippen LogP contribution is 2.34. The molecule has 194 valence electrons. The van der Waals surface area contributed by atoms with Crippen LogP contribution in [0.15, 0.2) is 72.3 Å². The molecular formula is C28H24N2O8. The van der Waals surface area contributed by atoms with Crippen LogP contribution in [0, 0.1) is 0 Å². The maximum Gasteiger partial charge on any atom is 0.335 e. The van der Waals surface area contributed by atoms with Gasteiger partial charge in [-0.2, -0.15) is 0 Å². The van der Waals surface area contributed by atoms with Gasteiger partial charge in [0.2, 0.25) is 0 Å². The highest BCUT2D eigenvalue weighted by molar-refractivity contribution is 6.39. The predicted molar refractivity (Wildman–Crippen MR) is 137 cm³/mol. The molecule has 0 unspecified atom stereocenters. The molecule has 1 heterocycles. The van der Waals surface area contributed by atoms with Crippen LogP contribution in [0.1, 0.15) is 28.4 Å². The van der Waals surface area contributed by atoms with Crippen molar-refractivity contribution in [2.75, 3.05) is 18.6 Å². The van der Waals surface area contributed by atoms with Gasteiger partial charge in [0.15, 0.2) is 11.5 Å². The van der Waals surface area contributed by atoms with Crippen LogP contribution >= 0.6 is 0 Å². The Bertz CT molecular complexity index is 1410. The van der Waals surface area contributed by atoms with E-state index in [9.17, 15) is 19.2 Å². The number of methoxy groups -OCH3 is 1. The Morgan fingerprint density at radius 1 is 0.974 bits per heavy atom. The van der Waals surface area contributed by atoms with E-state index in [0.717, 1.165) is 4.90 Å². The average molecular weight is 517 g/mol. The molecule has 0 bridgehead atoms. The number of nitrogens with zero attached hydrogens (tertiary/aromatic N) is 1. The molecule has 38 heavy (non-hydrogen) atoms. The molecule has 3 aromatic rings. The number of carboxylic acid groups (broad SMARTS) is 1. The predicted octanol–water partition coefficient (Wildman–Crippen LogP) is 4.04. The number of para-hydroxylation sites is 1. The second-order valence-electron chi connectivity index (χ2n) is 8.05. The van der Waals surface area contributed by atoms with E-state index in [4.69, 9.17) is 19.3 Å². The van der Waals surface area contributed by atoms with Crippen molar-refractivity contribution in [3.05, 3.63) is 89.0 Å². The van der Waals surface area contributed by atoms with Crippen molar-refractivity contribution in [2.45, 2.75) is 13.5 Å². The van der Waals surface area contributed by atoms with Gasteiger partial charge in [0.25, 0.3) is 11.8 Å². The summed E-state index contributed by atoms with van der Waals surface area (Å²) in [6.07, 6.45) is 1.33. The van der Waals surface area contributed by atoms with Crippen molar-refractivity contribution in [2.24, 2.45) is 0 Å². The number of carboxylic acids is 1. The molecule has 0 aromatic heterocycles. The molecule has 4 amide bonds. The van der Waals surface area contributed by atoms with Gasteiger partial charge in [-0.05, 0) is 61.0 Å². The van der Waals surface area contributed by atoms with Gasteiger partial charge < -0.3 is 19.3 Å². The molecule has 0 radical (unpaired) electrons. The number of carbonyl (C=O) groups excluding carboxylic acids is 3. The summed E-state index contributed by atoms with van der Waals surface area (Å²) in [7, 11) is 1.45. The Kier molecular flexibility index (Phi) is 7.72. The minimum absolute atomic E-state index is 0.0629. The molecule has 1 saturated heterocycles. The molecule has 0 atom stereocenters. The van der Waals surface area contributed by atoms with Gasteiger partial charge in [-0.25, -0.2) is 14.5 Å². The molecule has 0 aliphatic carbocycles. The minimum Gasteiger partial charge on any atom is -0.494 e. The number of imide groups is 2. The van der Waals surface area contributed by atoms with Gasteiger partial charge in [0, 0.05) is 5.56 Å². The summed E-state index contributed by atoms with van der Waals surface area (Å²) in [6, 6.07) is 16.6. The molecule has 2 N–H and O–H groups in total. The van der Waals surface area contributed by atoms with Crippen LogP contribution < -0.4 is 24.4 Å². The largest absolute Gasteiger partial charge is 0.494 e. The molecule has 4 rings (SSSR count). The topological polar surface area (TPSA) is 131 Å². The highest BCUT2D eigenvalue weighted by Gasteiger charge is 2.37. The fourth-order valence-corrected chi connectivity index (χ4v) is 3.77. The molecule has 3 aromatic carbocycles. The van der Waals surface area contributed by atoms with E-state index < -0.39 is 23.8 Å². The van der Waals surface area contributed by atoms with Crippen LogP contribution in [0.4, 0.5) is 10.5 Å². The lowest BCUT2D eigenvalue weighted by atomic mass is 10.1. The van der Waals surface area contributed by atoms with Gasteiger partial charge in [-0.3, -0.25) is 14.9 Å². The lowest BCUT2D eigenvalue weighted by Gasteiger charge is -2.26. The maximum absolute atomic E-state index is 13.3. The smallest absolute Gasteiger partial charge is 0.335 e. The summed E-state index contributed by atoms with van der Waals surface area (Å²) >= 11 is 0. The zero-order valence-electron chi connectivity index (χ0n) is 20.6. The number of nitrogens with one attached hydrogen (secondary N) is 1. The zero-order chi connectivity index (χ0) is 27.2. The number of aromatic carboxylic acids is 1. The van der Waals surface area contributed by atoms with E-state index in [1.165, 1.54) is 25.3 Å². The number of rotatable bonds is 9. The average Bonchev–Trinajstić information content (AvgIpc) is 2.91. The summed E-state index contributed by atoms with van der Waals surface area (Å²) in [6.45, 7) is 2.36. The van der Waals surface area contributed by atoms with Crippen LogP contribution in [-0.4, -0.2) is 42.6 Å². The van der Waals surface area contributed by atoms with Crippen molar-refractivity contribution in [1.82, 2.24) is 5.32 Å². The van der Waals surface area contributed by atoms with E-state index in [2.05, 4.69) is 5.32 Å². The number of ether oxygens (including phenoxy) is 3. The lowest BCUT2D eigenvalue weighted by Crippen LogP contribution is -2.54. The van der Waals surface area contributed by atoms with Gasteiger partial charge >= 0.3 is 12.0 Å². The van der Waals surface area contributed by atoms with Gasteiger partial charge in [0.05, 0.1) is 25.0 Å². The lowest BCUT2D eigenvalue weighted by molar-refractivity contribution is -0.122. The summed E-state index contributed by atoms with van der Waals surface area (Å²) in [5.41, 5.74) is 1.19. The van der Waals surface area contributed by atoms with Crippen LogP contribution in [-0.2, 0) is 16.2 Å². The Morgan fingerprint density at radius 3 is 2.32 bits per heavy atom. The molecular weight excluding hydrogens is 492 g/mol. The SMILES string of the molecule is CCOc1ccc(N2C(=O)NC(=O)/C(=C\c3cccc(OC)c3OCc3ccc(C(=O)O)cc3)C2=O)cc1. The number of urea groups is 1. The maximum atomic E-state index is 13.3. The first-order valence-corrected chi connectivity index (χ1v) is 11.6. The molecule has 1 aliphatic heterocycles. The van der Waals surface area contributed by atoms with E-state index in [0.29, 0.717) is 29.2 Å². The summed E-state index contributed by atoms with van der Waals surface area (Å²) in [5.74, 6) is -1.51. The van der Waals surface area contributed by atoms with Gasteiger partial charge in [-0.15, -0.1) is 0 Å². The molecule has 10 heteroatoms. The monoisotopic (exact) mass is 516 g/mol. The van der Waals surface area contributed by atoms with Crippen LogP contribution in [0.25, 0.3) is 6.08 Å². The molecule has 1 aliphatic rings. The number of carbonyl (C=O) groups is 4. The van der Waals surface area contributed by atoms with Crippen molar-refractivity contribution in [1.29, 1.82) is 0 Å². The summed E-state index contributed by atoms with van der Waals surface area (Å²) < 4.78 is 16.8. The first kappa shape index (κ1) is 26.0. The van der Waals surface area contributed by atoms with Gasteiger partial charge in [0.1, 0.15) is 17.9 Å². The fourth-order valence-electron chi connectivity index (χ4n) is 3.77. The van der Waals surface area contributed by atoms with Crippen LogP contribution in [0.3, 0.4) is 0 Å². The number of barbiturate groups is 1. The molecule has 1 fully saturated rings. The third-order valence-electron chi connectivity index (χ3n) is 5.62. The van der Waals surface area contributed by atoms with E-state index in [1.54, 1.807) is 54.6 Å². The van der Waals surface area contributed by atoms with Crippen molar-refractivity contribution < 1.29 is 38.5 Å². The highest BCUT2D eigenvalue weighted by atomic mass is 16.5. The minimum atomic E-state index is -1.04. The number of anilines is 1. The fraction of sp³-hybridized carbons (Fsp3) is 0.143. The standard InChI is InChI=1S/C28H24N2O8/c1-3-37-21-13-11-20(12-14-21)30-26(32)22(25(31)29-28(30)35)15-19-5-4-6-23(36-2)24(19)38-16-17-7-9-18(10-8-17)27(33)34/h4-15H,3,16H2,1-2H3,(H,33,34)(H,29,31,35)/b22-15+. The number of amides is 4. The second-order valence-corrected chi connectivity index (χ2v) is 8.05. The Morgan fingerprint density at radius 2 is 1.68 bits per heavy atom.